The second kappa shape index (κ2) is 11.7. The highest BCUT2D eigenvalue weighted by molar-refractivity contribution is 5.95. The van der Waals surface area contributed by atoms with Gasteiger partial charge in [0.2, 0.25) is 0 Å². The summed E-state index contributed by atoms with van der Waals surface area (Å²) in [5.74, 6) is 0. The molecule has 0 spiro atoms. The van der Waals surface area contributed by atoms with Crippen molar-refractivity contribution in [3.8, 4) is 44.5 Å². The Hall–Kier alpha value is -6.18. The van der Waals surface area contributed by atoms with E-state index in [0.29, 0.717) is 0 Å². The summed E-state index contributed by atoms with van der Waals surface area (Å²) in [7, 11) is 0. The van der Waals surface area contributed by atoms with Crippen molar-refractivity contribution in [3.05, 3.63) is 198 Å². The standard InChI is InChI=1S/C52H41N/c1-51(2)47-22-14-13-21-43(47)44-25-23-40(32-49(44)51)53(42-28-38(34-15-7-5-8-16-34)27-39(29-42)35-17-9-6-10-18-35)41-24-26-45-46-30-36-19-11-12-20-37(36)31-48(46)52(3,4)50(45)33-41/h5-33H,1-4H3. The van der Waals surface area contributed by atoms with Crippen LogP contribution in [-0.4, -0.2) is 0 Å². The molecule has 53 heavy (non-hydrogen) atoms. The van der Waals surface area contributed by atoms with Gasteiger partial charge in [-0.15, -0.1) is 0 Å². The number of fused-ring (bicyclic) bond motifs is 7. The van der Waals surface area contributed by atoms with Crippen LogP contribution >= 0.6 is 0 Å². The van der Waals surface area contributed by atoms with Crippen molar-refractivity contribution >= 4 is 27.8 Å². The fourth-order valence-corrected chi connectivity index (χ4v) is 9.16. The van der Waals surface area contributed by atoms with Crippen molar-refractivity contribution in [3.63, 3.8) is 0 Å². The van der Waals surface area contributed by atoms with Gasteiger partial charge in [0.15, 0.2) is 0 Å². The number of hydrogen-bond acceptors (Lipinski definition) is 1. The molecule has 0 aliphatic heterocycles. The Labute approximate surface area is 312 Å². The van der Waals surface area contributed by atoms with Crippen LogP contribution in [0, 0.1) is 0 Å². The summed E-state index contributed by atoms with van der Waals surface area (Å²) in [5, 5.41) is 2.58. The molecule has 0 saturated carbocycles. The van der Waals surface area contributed by atoms with Crippen molar-refractivity contribution < 1.29 is 0 Å². The largest absolute Gasteiger partial charge is 0.310 e. The lowest BCUT2D eigenvalue weighted by Gasteiger charge is -2.30. The SMILES string of the molecule is CC1(C)c2ccccc2-c2ccc(N(c3cc(-c4ccccc4)cc(-c4ccccc4)c3)c3ccc4c(c3)C(C)(C)c3cc5ccccc5cc3-4)cc21. The van der Waals surface area contributed by atoms with Gasteiger partial charge in [-0.2, -0.15) is 0 Å². The van der Waals surface area contributed by atoms with E-state index < -0.39 is 0 Å². The molecule has 2 aliphatic carbocycles. The van der Waals surface area contributed by atoms with E-state index >= 15 is 0 Å². The molecule has 2 aliphatic rings. The normalized spacial score (nSPS) is 14.3. The molecule has 1 nitrogen and oxygen atoms in total. The maximum Gasteiger partial charge on any atom is 0.0473 e. The second-order valence-corrected chi connectivity index (χ2v) is 15.8. The van der Waals surface area contributed by atoms with E-state index in [1.807, 2.05) is 0 Å². The molecule has 0 atom stereocenters. The average molecular weight is 680 g/mol. The molecule has 0 N–H and O–H groups in total. The lowest BCUT2D eigenvalue weighted by molar-refractivity contribution is 0.660. The Morgan fingerprint density at radius 1 is 0.302 bits per heavy atom. The van der Waals surface area contributed by atoms with Gasteiger partial charge in [0.25, 0.3) is 0 Å². The van der Waals surface area contributed by atoms with Gasteiger partial charge in [0.05, 0.1) is 0 Å². The topological polar surface area (TPSA) is 3.24 Å². The van der Waals surface area contributed by atoms with E-state index in [4.69, 9.17) is 0 Å². The van der Waals surface area contributed by atoms with Crippen molar-refractivity contribution in [2.45, 2.75) is 38.5 Å². The van der Waals surface area contributed by atoms with Crippen LogP contribution in [0.5, 0.6) is 0 Å². The summed E-state index contributed by atoms with van der Waals surface area (Å²) in [4.78, 5) is 2.49. The van der Waals surface area contributed by atoms with Crippen LogP contribution in [0.3, 0.4) is 0 Å². The van der Waals surface area contributed by atoms with E-state index in [2.05, 4.69) is 209 Å². The molecular weight excluding hydrogens is 639 g/mol. The maximum atomic E-state index is 2.49. The smallest absolute Gasteiger partial charge is 0.0473 e. The Kier molecular flexibility index (Phi) is 6.94. The predicted molar refractivity (Wildman–Crippen MR) is 225 cm³/mol. The van der Waals surface area contributed by atoms with Crippen LogP contribution < -0.4 is 4.90 Å². The molecule has 10 rings (SSSR count). The van der Waals surface area contributed by atoms with Gasteiger partial charge in [0, 0.05) is 27.9 Å². The Bertz CT molecular complexity index is 2660. The molecule has 0 unspecified atom stereocenters. The van der Waals surface area contributed by atoms with Gasteiger partial charge in [0.1, 0.15) is 0 Å². The Morgan fingerprint density at radius 2 is 0.755 bits per heavy atom. The first-order chi connectivity index (χ1) is 25.8. The van der Waals surface area contributed by atoms with Crippen LogP contribution in [0.15, 0.2) is 176 Å². The van der Waals surface area contributed by atoms with Gasteiger partial charge in [-0.25, -0.2) is 0 Å². The molecule has 1 heteroatoms. The number of hydrogen-bond donors (Lipinski definition) is 0. The minimum atomic E-state index is -0.154. The third-order valence-electron chi connectivity index (χ3n) is 12.0. The van der Waals surface area contributed by atoms with E-state index in [0.717, 1.165) is 17.1 Å². The summed E-state index contributed by atoms with van der Waals surface area (Å²) in [6, 6.07) is 65.4. The average Bonchev–Trinajstić information content (AvgIpc) is 3.56. The lowest BCUT2D eigenvalue weighted by Crippen LogP contribution is -2.18. The first-order valence-corrected chi connectivity index (χ1v) is 18.8. The zero-order valence-corrected chi connectivity index (χ0v) is 30.7. The lowest BCUT2D eigenvalue weighted by atomic mass is 9.81. The van der Waals surface area contributed by atoms with E-state index in [1.165, 1.54) is 77.5 Å². The number of anilines is 3. The summed E-state index contributed by atoms with van der Waals surface area (Å²) < 4.78 is 0. The second-order valence-electron chi connectivity index (χ2n) is 15.8. The van der Waals surface area contributed by atoms with E-state index in [1.54, 1.807) is 0 Å². The molecule has 0 saturated heterocycles. The minimum Gasteiger partial charge on any atom is -0.310 e. The van der Waals surface area contributed by atoms with Crippen LogP contribution in [0.1, 0.15) is 49.9 Å². The maximum absolute atomic E-state index is 2.49. The fourth-order valence-electron chi connectivity index (χ4n) is 9.16. The highest BCUT2D eigenvalue weighted by Crippen LogP contribution is 2.54. The molecule has 254 valence electrons. The molecule has 0 amide bonds. The van der Waals surface area contributed by atoms with Gasteiger partial charge in [-0.05, 0) is 132 Å². The first-order valence-electron chi connectivity index (χ1n) is 18.8. The van der Waals surface area contributed by atoms with Crippen molar-refractivity contribution in [1.82, 2.24) is 0 Å². The van der Waals surface area contributed by atoms with E-state index in [9.17, 15) is 0 Å². The molecule has 0 radical (unpaired) electrons. The Morgan fingerprint density at radius 3 is 1.36 bits per heavy atom. The zero-order chi connectivity index (χ0) is 35.9. The number of rotatable bonds is 5. The van der Waals surface area contributed by atoms with Crippen molar-refractivity contribution in [2.24, 2.45) is 0 Å². The summed E-state index contributed by atoms with van der Waals surface area (Å²) in [5.41, 5.74) is 18.8. The van der Waals surface area contributed by atoms with Gasteiger partial charge >= 0.3 is 0 Å². The summed E-state index contributed by atoms with van der Waals surface area (Å²) in [6.07, 6.45) is 0. The molecule has 0 bridgehead atoms. The van der Waals surface area contributed by atoms with E-state index in [-0.39, 0.29) is 10.8 Å². The van der Waals surface area contributed by atoms with Crippen LogP contribution in [-0.2, 0) is 10.8 Å². The molecular formula is C52H41N. The Balaban J connectivity index is 1.21. The van der Waals surface area contributed by atoms with Gasteiger partial charge in [-0.1, -0.05) is 149 Å². The summed E-state index contributed by atoms with van der Waals surface area (Å²) >= 11 is 0. The van der Waals surface area contributed by atoms with Crippen LogP contribution in [0.25, 0.3) is 55.3 Å². The quantitative estimate of drug-likeness (QED) is 0.175. The molecule has 8 aromatic carbocycles. The zero-order valence-electron chi connectivity index (χ0n) is 30.7. The van der Waals surface area contributed by atoms with Crippen molar-refractivity contribution in [2.75, 3.05) is 4.90 Å². The first kappa shape index (κ1) is 31.5. The third kappa shape index (κ3) is 4.91. The predicted octanol–water partition coefficient (Wildman–Crippen LogP) is 14.3. The third-order valence-corrected chi connectivity index (χ3v) is 12.0. The van der Waals surface area contributed by atoms with Crippen LogP contribution in [0.2, 0.25) is 0 Å². The molecule has 0 aromatic heterocycles. The highest BCUT2D eigenvalue weighted by atomic mass is 15.1. The fraction of sp³-hybridized carbons (Fsp3) is 0.115. The number of nitrogens with zero attached hydrogens (tertiary/aromatic N) is 1. The highest BCUT2D eigenvalue weighted by Gasteiger charge is 2.38. The minimum absolute atomic E-state index is 0.113. The molecule has 8 aromatic rings. The van der Waals surface area contributed by atoms with Crippen molar-refractivity contribution in [1.29, 1.82) is 0 Å². The van der Waals surface area contributed by atoms with Crippen LogP contribution in [0.4, 0.5) is 17.1 Å². The summed E-state index contributed by atoms with van der Waals surface area (Å²) in [6.45, 7) is 9.52. The molecule has 0 heterocycles. The van der Waals surface area contributed by atoms with Gasteiger partial charge in [-0.3, -0.25) is 0 Å². The molecule has 0 fully saturated rings. The monoisotopic (exact) mass is 679 g/mol. The number of benzene rings is 8. The van der Waals surface area contributed by atoms with Gasteiger partial charge < -0.3 is 4.90 Å².